The Hall–Kier alpha value is -3.00. The minimum Gasteiger partial charge on any atom is -0.399 e. The third-order valence-electron chi connectivity index (χ3n) is 6.82. The number of rotatable bonds is 6. The number of aromatic nitrogens is 2. The van der Waals surface area contributed by atoms with Crippen LogP contribution in [0.5, 0.6) is 0 Å². The Kier molecular flexibility index (Phi) is 7.54. The van der Waals surface area contributed by atoms with Crippen LogP contribution < -0.4 is 5.73 Å². The molecule has 2 aliphatic heterocycles. The van der Waals surface area contributed by atoms with Crippen LogP contribution >= 0.6 is 0 Å². The summed E-state index contributed by atoms with van der Waals surface area (Å²) < 4.78 is 0. The second-order valence-corrected chi connectivity index (χ2v) is 9.07. The molecule has 1 amide bonds. The maximum absolute atomic E-state index is 13.2. The Morgan fingerprint density at radius 3 is 2.48 bits per heavy atom. The predicted octanol–water partition coefficient (Wildman–Crippen LogP) is 2.87. The molecule has 0 saturated carbocycles. The van der Waals surface area contributed by atoms with Gasteiger partial charge in [-0.2, -0.15) is 0 Å². The molecule has 2 aromatic rings. The van der Waals surface area contributed by atoms with Crippen molar-refractivity contribution in [3.05, 3.63) is 53.5 Å². The number of hydrogen-bond acceptors (Lipinski definition) is 7. The summed E-state index contributed by atoms with van der Waals surface area (Å²) in [4.78, 5) is 31.4. The number of nitrogen functional groups attached to an aromatic ring is 1. The van der Waals surface area contributed by atoms with Gasteiger partial charge in [0.2, 0.25) is 5.91 Å². The van der Waals surface area contributed by atoms with Crippen LogP contribution in [0.4, 0.5) is 5.82 Å². The molecule has 2 aliphatic rings. The quantitative estimate of drug-likeness (QED) is 0.537. The monoisotopic (exact) mass is 450 g/mol. The van der Waals surface area contributed by atoms with Crippen LogP contribution in [0.15, 0.2) is 41.8 Å². The summed E-state index contributed by atoms with van der Waals surface area (Å²) >= 11 is 0. The van der Waals surface area contributed by atoms with Crippen molar-refractivity contribution in [2.75, 3.05) is 39.0 Å². The van der Waals surface area contributed by atoms with Gasteiger partial charge in [-0.05, 0) is 75.0 Å². The van der Waals surface area contributed by atoms with Crippen molar-refractivity contribution < 1.29 is 9.63 Å². The van der Waals surface area contributed by atoms with E-state index in [1.807, 2.05) is 31.2 Å². The minimum absolute atomic E-state index is 0.116. The van der Waals surface area contributed by atoms with Crippen LogP contribution in [0.25, 0.3) is 0 Å². The van der Waals surface area contributed by atoms with Crippen LogP contribution in [0.1, 0.15) is 42.5 Å². The molecule has 8 heteroatoms. The second-order valence-electron chi connectivity index (χ2n) is 9.07. The van der Waals surface area contributed by atoms with Gasteiger partial charge in [-0.3, -0.25) is 14.7 Å². The first kappa shape index (κ1) is 23.2. The lowest BCUT2D eigenvalue weighted by Gasteiger charge is -2.37. The second kappa shape index (κ2) is 10.7. The number of carbonyl (C=O) groups is 1. The number of amides is 1. The van der Waals surface area contributed by atoms with Crippen molar-refractivity contribution in [2.45, 2.75) is 39.2 Å². The van der Waals surface area contributed by atoms with Gasteiger partial charge < -0.3 is 15.5 Å². The summed E-state index contributed by atoms with van der Waals surface area (Å²) in [7, 11) is 1.58. The molecule has 0 spiro atoms. The molecule has 0 unspecified atom stereocenters. The van der Waals surface area contributed by atoms with E-state index in [1.165, 1.54) is 5.56 Å². The molecule has 176 valence electrons. The van der Waals surface area contributed by atoms with E-state index in [0.717, 1.165) is 75.4 Å². The van der Waals surface area contributed by atoms with E-state index in [2.05, 4.69) is 24.9 Å². The van der Waals surface area contributed by atoms with E-state index in [4.69, 9.17) is 10.6 Å². The highest BCUT2D eigenvalue weighted by atomic mass is 16.6. The molecule has 4 rings (SSSR count). The molecule has 2 aromatic heterocycles. The lowest BCUT2D eigenvalue weighted by Crippen LogP contribution is -2.46. The number of nitrogens with two attached hydrogens (primary N) is 1. The molecule has 2 N–H and O–H groups in total. The maximum Gasteiger partial charge on any atom is 0.225 e. The maximum atomic E-state index is 13.2. The highest BCUT2D eigenvalue weighted by Gasteiger charge is 2.33. The van der Waals surface area contributed by atoms with Crippen molar-refractivity contribution in [3.63, 3.8) is 0 Å². The third-order valence-corrected chi connectivity index (χ3v) is 6.82. The first-order valence-corrected chi connectivity index (χ1v) is 11.8. The Bertz CT molecular complexity index is 978. The van der Waals surface area contributed by atoms with E-state index in [-0.39, 0.29) is 11.8 Å². The van der Waals surface area contributed by atoms with Crippen LogP contribution in [0.2, 0.25) is 0 Å². The molecule has 8 nitrogen and oxygen atoms in total. The zero-order valence-corrected chi connectivity index (χ0v) is 19.6. The fourth-order valence-corrected chi connectivity index (χ4v) is 4.98. The van der Waals surface area contributed by atoms with Crippen molar-refractivity contribution in [1.29, 1.82) is 0 Å². The van der Waals surface area contributed by atoms with Crippen LogP contribution in [-0.2, 0) is 16.2 Å². The SMILES string of the molecule is CON=C(c1ncccc1C)C1CCN(C(=O)C2CCN(Cc3ccnc(N)c3)CC2)CC1. The fraction of sp³-hybridized carbons (Fsp3) is 0.520. The molecular weight excluding hydrogens is 416 g/mol. The van der Waals surface area contributed by atoms with E-state index in [9.17, 15) is 4.79 Å². The fourth-order valence-electron chi connectivity index (χ4n) is 4.98. The number of piperidine rings is 2. The van der Waals surface area contributed by atoms with Gasteiger partial charge in [-0.25, -0.2) is 4.98 Å². The minimum atomic E-state index is 0.116. The Morgan fingerprint density at radius 1 is 1.09 bits per heavy atom. The molecular formula is C25H34N6O2. The standard InChI is InChI=1S/C25H34N6O2/c1-18-4-3-10-28-23(18)24(29-33-2)20-8-14-31(15-9-20)25(32)21-6-12-30(13-7-21)17-19-5-11-27-22(26)16-19/h3-5,10-11,16,20-21H,6-9,12-15,17H2,1-2H3,(H2,26,27). The molecule has 2 saturated heterocycles. The molecule has 4 heterocycles. The average molecular weight is 451 g/mol. The summed E-state index contributed by atoms with van der Waals surface area (Å²) in [6.07, 6.45) is 7.12. The summed E-state index contributed by atoms with van der Waals surface area (Å²) in [6.45, 7) is 6.27. The normalized spacial score (nSPS) is 19.0. The zero-order valence-electron chi connectivity index (χ0n) is 19.6. The Balaban J connectivity index is 1.29. The highest BCUT2D eigenvalue weighted by Crippen LogP contribution is 2.27. The summed E-state index contributed by atoms with van der Waals surface area (Å²) in [5, 5.41) is 4.32. The number of oxime groups is 1. The van der Waals surface area contributed by atoms with Gasteiger partial charge in [0.05, 0.1) is 5.69 Å². The number of likely N-dealkylation sites (tertiary alicyclic amines) is 2. The molecule has 0 aliphatic carbocycles. The van der Waals surface area contributed by atoms with Gasteiger partial charge in [0.25, 0.3) is 0 Å². The average Bonchev–Trinajstić information content (AvgIpc) is 2.83. The molecule has 0 atom stereocenters. The molecule has 0 bridgehead atoms. The number of aryl methyl sites for hydroxylation is 1. The zero-order chi connectivity index (χ0) is 23.2. The third kappa shape index (κ3) is 5.68. The smallest absolute Gasteiger partial charge is 0.225 e. The lowest BCUT2D eigenvalue weighted by atomic mass is 9.87. The van der Waals surface area contributed by atoms with Crippen LogP contribution in [0.3, 0.4) is 0 Å². The van der Waals surface area contributed by atoms with Crippen molar-refractivity contribution in [2.24, 2.45) is 17.0 Å². The van der Waals surface area contributed by atoms with Gasteiger partial charge in [0.15, 0.2) is 0 Å². The van der Waals surface area contributed by atoms with E-state index in [1.54, 1.807) is 19.5 Å². The highest BCUT2D eigenvalue weighted by molar-refractivity contribution is 6.01. The molecule has 2 fully saturated rings. The number of pyridine rings is 2. The van der Waals surface area contributed by atoms with Crippen LogP contribution in [-0.4, -0.2) is 64.7 Å². The summed E-state index contributed by atoms with van der Waals surface area (Å²) in [6, 6.07) is 7.91. The molecule has 33 heavy (non-hydrogen) atoms. The van der Waals surface area contributed by atoms with Gasteiger partial charge in [0.1, 0.15) is 18.6 Å². The van der Waals surface area contributed by atoms with Crippen molar-refractivity contribution in [1.82, 2.24) is 19.8 Å². The molecule has 0 radical (unpaired) electrons. The predicted molar refractivity (Wildman–Crippen MR) is 128 cm³/mol. The van der Waals surface area contributed by atoms with Gasteiger partial charge in [0, 0.05) is 43.9 Å². The van der Waals surface area contributed by atoms with E-state index in [0.29, 0.717) is 11.7 Å². The number of nitrogens with zero attached hydrogens (tertiary/aromatic N) is 5. The first-order valence-electron chi connectivity index (χ1n) is 11.8. The van der Waals surface area contributed by atoms with E-state index < -0.39 is 0 Å². The summed E-state index contributed by atoms with van der Waals surface area (Å²) in [5.41, 5.74) is 9.85. The topological polar surface area (TPSA) is 96.9 Å². The van der Waals surface area contributed by atoms with Gasteiger partial charge >= 0.3 is 0 Å². The van der Waals surface area contributed by atoms with Crippen LogP contribution in [0, 0.1) is 18.8 Å². The number of hydrogen-bond donors (Lipinski definition) is 1. The molecule has 0 aromatic carbocycles. The van der Waals surface area contributed by atoms with E-state index >= 15 is 0 Å². The first-order chi connectivity index (χ1) is 16.0. The lowest BCUT2D eigenvalue weighted by molar-refractivity contribution is -0.138. The van der Waals surface area contributed by atoms with Gasteiger partial charge in [-0.15, -0.1) is 0 Å². The van der Waals surface area contributed by atoms with Crippen molar-refractivity contribution >= 4 is 17.4 Å². The number of anilines is 1. The largest absolute Gasteiger partial charge is 0.399 e. The van der Waals surface area contributed by atoms with Gasteiger partial charge in [-0.1, -0.05) is 11.2 Å². The van der Waals surface area contributed by atoms with Crippen molar-refractivity contribution in [3.8, 4) is 0 Å². The summed E-state index contributed by atoms with van der Waals surface area (Å²) in [5.74, 6) is 1.22. The number of carbonyl (C=O) groups excluding carboxylic acids is 1. The Morgan fingerprint density at radius 2 is 1.82 bits per heavy atom. The Labute approximate surface area is 195 Å².